The Bertz CT molecular complexity index is 1210. The van der Waals surface area contributed by atoms with Gasteiger partial charge in [-0.05, 0) is 77.0 Å². The van der Waals surface area contributed by atoms with Crippen molar-refractivity contribution in [3.63, 3.8) is 0 Å². The number of unbranched alkanes of at least 4 members (excludes halogenated alkanes) is 16. The summed E-state index contributed by atoms with van der Waals surface area (Å²) in [6.07, 6.45) is 49.1. The van der Waals surface area contributed by atoms with E-state index in [1.165, 1.54) is 70.6 Å². The van der Waals surface area contributed by atoms with Crippen LogP contribution in [0.15, 0.2) is 85.1 Å². The predicted octanol–water partition coefficient (Wildman–Crippen LogP) is 10.3. The molecule has 344 valence electrons. The van der Waals surface area contributed by atoms with Gasteiger partial charge in [0.15, 0.2) is 6.29 Å². The summed E-state index contributed by atoms with van der Waals surface area (Å²) in [5.41, 5.74) is 0. The molecule has 0 aromatic rings. The quantitative estimate of drug-likeness (QED) is 0.0266. The van der Waals surface area contributed by atoms with Crippen molar-refractivity contribution >= 4 is 5.91 Å². The Morgan fingerprint density at radius 2 is 1.05 bits per heavy atom. The van der Waals surface area contributed by atoms with Crippen LogP contribution in [0.2, 0.25) is 0 Å². The molecule has 1 rings (SSSR count). The van der Waals surface area contributed by atoms with Gasteiger partial charge in [-0.1, -0.05) is 176 Å². The van der Waals surface area contributed by atoms with E-state index in [9.17, 15) is 30.3 Å². The summed E-state index contributed by atoms with van der Waals surface area (Å²) < 4.78 is 11.2. The second kappa shape index (κ2) is 40.4. The number of carbonyl (C=O) groups is 1. The zero-order chi connectivity index (χ0) is 43.7. The minimum atomic E-state index is -1.58. The standard InChI is InChI=1S/C51H87NO8/c1-3-5-7-9-11-13-15-17-18-19-20-21-22-23-24-25-26-27-28-29-31-33-35-37-39-41-47(55)52-44(43-59-51-50(58)49(57)48(56)46(42-53)60-51)45(54)40-38-36-34-32-30-16-14-12-10-8-6-4-2/h5,7,11,13,17-18,20-21,23-24,30,32,38,40,44-46,48-51,53-54,56-58H,3-4,6,8-10,12,14-16,19,22,25-29,31,33-37,39,41-43H2,1-2H3,(H,52,55)/b7-5-,13-11-,18-17-,21-20-,24-23-,32-30+,40-38+. The smallest absolute Gasteiger partial charge is 0.220 e. The van der Waals surface area contributed by atoms with Crippen molar-refractivity contribution in [3.8, 4) is 0 Å². The van der Waals surface area contributed by atoms with Gasteiger partial charge in [-0.3, -0.25) is 4.79 Å². The minimum Gasteiger partial charge on any atom is -0.394 e. The van der Waals surface area contributed by atoms with Crippen LogP contribution >= 0.6 is 0 Å². The zero-order valence-electron chi connectivity index (χ0n) is 37.7. The first-order valence-corrected chi connectivity index (χ1v) is 23.8. The van der Waals surface area contributed by atoms with Crippen molar-refractivity contribution in [2.45, 2.75) is 217 Å². The van der Waals surface area contributed by atoms with Crippen molar-refractivity contribution < 1.29 is 39.8 Å². The predicted molar refractivity (Wildman–Crippen MR) is 248 cm³/mol. The Morgan fingerprint density at radius 3 is 1.60 bits per heavy atom. The third kappa shape index (κ3) is 30.4. The molecular formula is C51H87NO8. The van der Waals surface area contributed by atoms with E-state index in [-0.39, 0.29) is 12.5 Å². The highest BCUT2D eigenvalue weighted by Crippen LogP contribution is 2.22. The van der Waals surface area contributed by atoms with E-state index in [2.05, 4.69) is 92.1 Å². The van der Waals surface area contributed by atoms with Crippen molar-refractivity contribution in [1.29, 1.82) is 0 Å². The third-order valence-corrected chi connectivity index (χ3v) is 10.7. The number of aliphatic hydroxyl groups excluding tert-OH is 5. The highest BCUT2D eigenvalue weighted by atomic mass is 16.7. The number of hydrogen-bond acceptors (Lipinski definition) is 8. The van der Waals surface area contributed by atoms with Crippen LogP contribution in [0.1, 0.15) is 174 Å². The largest absolute Gasteiger partial charge is 0.394 e. The normalized spacial score (nSPS) is 21.4. The number of hydrogen-bond donors (Lipinski definition) is 6. The summed E-state index contributed by atoms with van der Waals surface area (Å²) in [7, 11) is 0. The monoisotopic (exact) mass is 842 g/mol. The second-order valence-electron chi connectivity index (χ2n) is 16.2. The molecule has 9 nitrogen and oxygen atoms in total. The van der Waals surface area contributed by atoms with Crippen LogP contribution in [0.4, 0.5) is 0 Å². The van der Waals surface area contributed by atoms with E-state index in [4.69, 9.17) is 9.47 Å². The Labute approximate surface area is 365 Å². The van der Waals surface area contributed by atoms with Gasteiger partial charge in [-0.25, -0.2) is 0 Å². The fourth-order valence-corrected chi connectivity index (χ4v) is 6.90. The molecule has 0 aliphatic carbocycles. The Hall–Kier alpha value is -2.63. The molecule has 0 aromatic carbocycles. The first-order chi connectivity index (χ1) is 29.3. The maximum Gasteiger partial charge on any atom is 0.220 e. The number of allylic oxidation sites excluding steroid dienone is 13. The lowest BCUT2D eigenvalue weighted by atomic mass is 9.99. The van der Waals surface area contributed by atoms with Crippen molar-refractivity contribution in [2.24, 2.45) is 0 Å². The number of aliphatic hydroxyl groups is 5. The Balaban J connectivity index is 2.30. The highest BCUT2D eigenvalue weighted by Gasteiger charge is 2.44. The molecule has 9 heteroatoms. The lowest BCUT2D eigenvalue weighted by Crippen LogP contribution is -2.60. The molecule has 1 heterocycles. The summed E-state index contributed by atoms with van der Waals surface area (Å²) in [5, 5.41) is 54.1. The molecule has 7 unspecified atom stereocenters. The SMILES string of the molecule is CC/C=C\C/C=C\C/C=C\C/C=C\C/C=C\CCCCCCCCCCCC(=O)NC(COC1OC(CO)C(O)C(O)C1O)C(O)/C=C/CC/C=C/CCCCCCCC. The molecule has 0 aromatic heterocycles. The summed E-state index contributed by atoms with van der Waals surface area (Å²) >= 11 is 0. The van der Waals surface area contributed by atoms with Gasteiger partial charge >= 0.3 is 0 Å². The number of amides is 1. The summed E-state index contributed by atoms with van der Waals surface area (Å²) in [4.78, 5) is 13.0. The van der Waals surface area contributed by atoms with Crippen LogP contribution in [0.3, 0.4) is 0 Å². The first-order valence-electron chi connectivity index (χ1n) is 23.8. The number of ether oxygens (including phenoxy) is 2. The van der Waals surface area contributed by atoms with Gasteiger partial charge < -0.3 is 40.3 Å². The van der Waals surface area contributed by atoms with E-state index in [1.807, 2.05) is 6.08 Å². The molecule has 0 radical (unpaired) electrons. The van der Waals surface area contributed by atoms with Gasteiger partial charge in [0.1, 0.15) is 24.4 Å². The van der Waals surface area contributed by atoms with E-state index in [0.717, 1.165) is 83.5 Å². The van der Waals surface area contributed by atoms with Gasteiger partial charge in [-0.15, -0.1) is 0 Å². The van der Waals surface area contributed by atoms with Gasteiger partial charge in [0.25, 0.3) is 0 Å². The summed E-state index contributed by atoms with van der Waals surface area (Å²) in [5.74, 6) is -0.199. The third-order valence-electron chi connectivity index (χ3n) is 10.7. The van der Waals surface area contributed by atoms with E-state index >= 15 is 0 Å². The molecule has 1 fully saturated rings. The van der Waals surface area contributed by atoms with Gasteiger partial charge in [0.2, 0.25) is 5.91 Å². The molecule has 1 aliphatic heterocycles. The molecule has 0 spiro atoms. The lowest BCUT2D eigenvalue weighted by Gasteiger charge is -2.40. The molecule has 0 bridgehead atoms. The molecule has 6 N–H and O–H groups in total. The Kier molecular flexibility index (Phi) is 37.3. The molecule has 1 aliphatic rings. The highest BCUT2D eigenvalue weighted by molar-refractivity contribution is 5.76. The van der Waals surface area contributed by atoms with Crippen LogP contribution in [0.5, 0.6) is 0 Å². The Morgan fingerprint density at radius 1 is 0.583 bits per heavy atom. The minimum absolute atomic E-state index is 0.199. The fraction of sp³-hybridized carbons (Fsp3) is 0.706. The van der Waals surface area contributed by atoms with Crippen LogP contribution < -0.4 is 5.32 Å². The molecule has 7 atom stereocenters. The number of rotatable bonds is 38. The van der Waals surface area contributed by atoms with Gasteiger partial charge in [0, 0.05) is 6.42 Å². The van der Waals surface area contributed by atoms with Crippen molar-refractivity contribution in [1.82, 2.24) is 5.32 Å². The zero-order valence-corrected chi connectivity index (χ0v) is 37.7. The number of nitrogens with one attached hydrogen (secondary N) is 1. The molecule has 60 heavy (non-hydrogen) atoms. The average molecular weight is 842 g/mol. The van der Waals surface area contributed by atoms with Crippen molar-refractivity contribution in [3.05, 3.63) is 85.1 Å². The summed E-state index contributed by atoms with van der Waals surface area (Å²) in [6.45, 7) is 3.60. The lowest BCUT2D eigenvalue weighted by molar-refractivity contribution is -0.302. The maximum atomic E-state index is 13.0. The van der Waals surface area contributed by atoms with E-state index in [0.29, 0.717) is 6.42 Å². The second-order valence-corrected chi connectivity index (χ2v) is 16.2. The van der Waals surface area contributed by atoms with E-state index in [1.54, 1.807) is 6.08 Å². The molecule has 0 saturated carbocycles. The van der Waals surface area contributed by atoms with E-state index < -0.39 is 49.5 Å². The average Bonchev–Trinajstić information content (AvgIpc) is 3.25. The fourth-order valence-electron chi connectivity index (χ4n) is 6.90. The van der Waals surface area contributed by atoms with Crippen LogP contribution in [-0.4, -0.2) is 87.5 Å². The van der Waals surface area contributed by atoms with Gasteiger partial charge in [0.05, 0.1) is 25.4 Å². The maximum absolute atomic E-state index is 13.0. The molecule has 1 saturated heterocycles. The number of carbonyl (C=O) groups excluding carboxylic acids is 1. The van der Waals surface area contributed by atoms with Crippen LogP contribution in [0, 0.1) is 0 Å². The van der Waals surface area contributed by atoms with Crippen LogP contribution in [-0.2, 0) is 14.3 Å². The van der Waals surface area contributed by atoms with Crippen LogP contribution in [0.25, 0.3) is 0 Å². The molecular weight excluding hydrogens is 755 g/mol. The molecule has 1 amide bonds. The topological polar surface area (TPSA) is 149 Å². The van der Waals surface area contributed by atoms with Gasteiger partial charge in [-0.2, -0.15) is 0 Å². The first kappa shape index (κ1) is 55.4. The van der Waals surface area contributed by atoms with Crippen molar-refractivity contribution in [2.75, 3.05) is 13.2 Å². The summed E-state index contributed by atoms with van der Waals surface area (Å²) in [6, 6.07) is -0.828.